The van der Waals surface area contributed by atoms with Gasteiger partial charge in [0.05, 0.1) is 6.10 Å². The zero-order valence-electron chi connectivity index (χ0n) is 8.41. The number of carbonyl (C=O) groups is 1. The van der Waals surface area contributed by atoms with E-state index in [4.69, 9.17) is 9.47 Å². The van der Waals surface area contributed by atoms with Gasteiger partial charge in [-0.2, -0.15) is 0 Å². The molecule has 0 bridgehead atoms. The number of hydrogen-bond acceptors (Lipinski definition) is 3. The summed E-state index contributed by atoms with van der Waals surface area (Å²) in [4.78, 5) is 10.7. The van der Waals surface area contributed by atoms with E-state index in [1.807, 2.05) is 13.8 Å². The largest absolute Gasteiger partial charge is 0.460 e. The Balaban J connectivity index is 3.58. The van der Waals surface area contributed by atoms with Crippen LogP contribution in [0, 0.1) is 0 Å². The van der Waals surface area contributed by atoms with Crippen LogP contribution in [0.3, 0.4) is 0 Å². The SMILES string of the molecule is C=CC(=O)OCC(CC)OCCC. The summed E-state index contributed by atoms with van der Waals surface area (Å²) in [7, 11) is 0. The minimum atomic E-state index is -0.390. The van der Waals surface area contributed by atoms with Gasteiger partial charge in [0, 0.05) is 12.7 Å². The van der Waals surface area contributed by atoms with Crippen molar-refractivity contribution >= 4 is 5.97 Å². The lowest BCUT2D eigenvalue weighted by molar-refractivity contribution is -0.142. The first-order valence-corrected chi connectivity index (χ1v) is 4.65. The van der Waals surface area contributed by atoms with Gasteiger partial charge in [0.15, 0.2) is 0 Å². The van der Waals surface area contributed by atoms with Crippen molar-refractivity contribution in [2.24, 2.45) is 0 Å². The van der Waals surface area contributed by atoms with E-state index in [1.165, 1.54) is 0 Å². The minimum absolute atomic E-state index is 0.0175. The highest BCUT2D eigenvalue weighted by molar-refractivity contribution is 5.81. The molecule has 0 spiro atoms. The molecule has 0 aromatic carbocycles. The predicted molar refractivity (Wildman–Crippen MR) is 51.5 cm³/mol. The van der Waals surface area contributed by atoms with Gasteiger partial charge >= 0.3 is 5.97 Å². The van der Waals surface area contributed by atoms with Crippen LogP contribution in [0.2, 0.25) is 0 Å². The van der Waals surface area contributed by atoms with E-state index in [-0.39, 0.29) is 6.10 Å². The Kier molecular flexibility index (Phi) is 7.30. The van der Waals surface area contributed by atoms with E-state index >= 15 is 0 Å². The topological polar surface area (TPSA) is 35.5 Å². The molecule has 0 rings (SSSR count). The Hall–Kier alpha value is -0.830. The van der Waals surface area contributed by atoms with Gasteiger partial charge < -0.3 is 9.47 Å². The number of rotatable bonds is 7. The lowest BCUT2D eigenvalue weighted by atomic mass is 10.3. The summed E-state index contributed by atoms with van der Waals surface area (Å²) in [6.07, 6.45) is 3.01. The predicted octanol–water partition coefficient (Wildman–Crippen LogP) is 1.92. The molecule has 0 saturated carbocycles. The molecule has 0 fully saturated rings. The van der Waals surface area contributed by atoms with Gasteiger partial charge in [0.2, 0.25) is 0 Å². The summed E-state index contributed by atoms with van der Waals surface area (Å²) >= 11 is 0. The lowest BCUT2D eigenvalue weighted by Gasteiger charge is -2.14. The normalized spacial score (nSPS) is 12.2. The Morgan fingerprint density at radius 3 is 2.69 bits per heavy atom. The second-order valence-electron chi connectivity index (χ2n) is 2.74. The van der Waals surface area contributed by atoms with Crippen LogP contribution < -0.4 is 0 Å². The van der Waals surface area contributed by atoms with Gasteiger partial charge in [-0.3, -0.25) is 0 Å². The van der Waals surface area contributed by atoms with Gasteiger partial charge in [0.1, 0.15) is 6.61 Å². The zero-order chi connectivity index (χ0) is 10.1. The summed E-state index contributed by atoms with van der Waals surface area (Å²) in [5.74, 6) is -0.390. The number of hydrogen-bond donors (Lipinski definition) is 0. The van der Waals surface area contributed by atoms with Crippen molar-refractivity contribution in [2.75, 3.05) is 13.2 Å². The average molecular weight is 186 g/mol. The Bertz CT molecular complexity index is 154. The summed E-state index contributed by atoms with van der Waals surface area (Å²) in [6, 6.07) is 0. The molecule has 0 aliphatic carbocycles. The van der Waals surface area contributed by atoms with Crippen molar-refractivity contribution in [1.29, 1.82) is 0 Å². The standard InChI is InChI=1S/C10H18O3/c1-4-7-12-9(5-2)8-13-10(11)6-3/h6,9H,3-5,7-8H2,1-2H3. The van der Waals surface area contributed by atoms with E-state index in [0.717, 1.165) is 18.9 Å². The third kappa shape index (κ3) is 6.34. The molecule has 0 N–H and O–H groups in total. The van der Waals surface area contributed by atoms with Crippen LogP contribution in [0.25, 0.3) is 0 Å². The number of ether oxygens (including phenoxy) is 2. The third-order valence-corrected chi connectivity index (χ3v) is 1.59. The molecule has 0 aliphatic rings. The molecule has 1 atom stereocenters. The maximum atomic E-state index is 10.7. The van der Waals surface area contributed by atoms with Gasteiger partial charge in [-0.25, -0.2) is 4.79 Å². The van der Waals surface area contributed by atoms with Crippen molar-refractivity contribution in [2.45, 2.75) is 32.8 Å². The van der Waals surface area contributed by atoms with Crippen LogP contribution in [0.4, 0.5) is 0 Å². The molecule has 76 valence electrons. The fourth-order valence-electron chi connectivity index (χ4n) is 0.802. The van der Waals surface area contributed by atoms with Crippen LogP contribution in [0.15, 0.2) is 12.7 Å². The molecule has 3 heteroatoms. The van der Waals surface area contributed by atoms with Gasteiger partial charge in [-0.15, -0.1) is 0 Å². The average Bonchev–Trinajstić information content (AvgIpc) is 2.17. The number of esters is 1. The van der Waals surface area contributed by atoms with Crippen LogP contribution >= 0.6 is 0 Å². The Morgan fingerprint density at radius 2 is 2.23 bits per heavy atom. The minimum Gasteiger partial charge on any atom is -0.460 e. The quantitative estimate of drug-likeness (QED) is 0.450. The fourth-order valence-corrected chi connectivity index (χ4v) is 0.802. The molecule has 13 heavy (non-hydrogen) atoms. The van der Waals surface area contributed by atoms with Gasteiger partial charge in [-0.1, -0.05) is 20.4 Å². The highest BCUT2D eigenvalue weighted by Crippen LogP contribution is 2.00. The van der Waals surface area contributed by atoms with Crippen molar-refractivity contribution in [3.05, 3.63) is 12.7 Å². The highest BCUT2D eigenvalue weighted by atomic mass is 16.6. The Labute approximate surface area is 79.7 Å². The molecular weight excluding hydrogens is 168 g/mol. The molecular formula is C10H18O3. The van der Waals surface area contributed by atoms with Crippen molar-refractivity contribution in [1.82, 2.24) is 0 Å². The van der Waals surface area contributed by atoms with Crippen LogP contribution in [0.5, 0.6) is 0 Å². The van der Waals surface area contributed by atoms with Crippen LogP contribution in [0.1, 0.15) is 26.7 Å². The summed E-state index contributed by atoms with van der Waals surface area (Å²) in [5.41, 5.74) is 0. The van der Waals surface area contributed by atoms with Crippen LogP contribution in [-0.2, 0) is 14.3 Å². The third-order valence-electron chi connectivity index (χ3n) is 1.59. The van der Waals surface area contributed by atoms with E-state index in [1.54, 1.807) is 0 Å². The lowest BCUT2D eigenvalue weighted by Crippen LogP contribution is -2.21. The molecule has 3 nitrogen and oxygen atoms in total. The van der Waals surface area contributed by atoms with E-state index in [2.05, 4.69) is 6.58 Å². The van der Waals surface area contributed by atoms with Crippen molar-refractivity contribution < 1.29 is 14.3 Å². The van der Waals surface area contributed by atoms with Gasteiger partial charge in [-0.05, 0) is 12.8 Å². The monoisotopic (exact) mass is 186 g/mol. The highest BCUT2D eigenvalue weighted by Gasteiger charge is 2.07. The molecule has 0 aliphatic heterocycles. The maximum absolute atomic E-state index is 10.7. The van der Waals surface area contributed by atoms with Gasteiger partial charge in [0.25, 0.3) is 0 Å². The molecule has 0 heterocycles. The smallest absolute Gasteiger partial charge is 0.330 e. The Morgan fingerprint density at radius 1 is 1.54 bits per heavy atom. The van der Waals surface area contributed by atoms with E-state index in [0.29, 0.717) is 13.2 Å². The molecule has 1 unspecified atom stereocenters. The summed E-state index contributed by atoms with van der Waals surface area (Å²) < 4.78 is 10.3. The first kappa shape index (κ1) is 12.2. The molecule has 0 aromatic rings. The second kappa shape index (κ2) is 7.80. The second-order valence-corrected chi connectivity index (χ2v) is 2.74. The molecule has 0 radical (unpaired) electrons. The maximum Gasteiger partial charge on any atom is 0.330 e. The summed E-state index contributed by atoms with van der Waals surface area (Å²) in [5, 5.41) is 0. The molecule has 0 saturated heterocycles. The fraction of sp³-hybridized carbons (Fsp3) is 0.700. The van der Waals surface area contributed by atoms with E-state index in [9.17, 15) is 4.79 Å². The van der Waals surface area contributed by atoms with Crippen molar-refractivity contribution in [3.63, 3.8) is 0 Å². The first-order valence-electron chi connectivity index (χ1n) is 4.65. The summed E-state index contributed by atoms with van der Waals surface area (Å²) in [6.45, 7) is 8.39. The molecule has 0 amide bonds. The molecule has 0 aromatic heterocycles. The van der Waals surface area contributed by atoms with Crippen molar-refractivity contribution in [3.8, 4) is 0 Å². The zero-order valence-corrected chi connectivity index (χ0v) is 8.41. The van der Waals surface area contributed by atoms with E-state index < -0.39 is 5.97 Å². The van der Waals surface area contributed by atoms with Crippen LogP contribution in [-0.4, -0.2) is 25.3 Å². The first-order chi connectivity index (χ1) is 6.24. The number of carbonyl (C=O) groups excluding carboxylic acids is 1.